The van der Waals surface area contributed by atoms with E-state index >= 15 is 0 Å². The topological polar surface area (TPSA) is 43.6 Å². The van der Waals surface area contributed by atoms with E-state index in [0.717, 1.165) is 10.5 Å². The van der Waals surface area contributed by atoms with Gasteiger partial charge in [-0.2, -0.15) is 0 Å². The van der Waals surface area contributed by atoms with E-state index < -0.39 is 11.5 Å². The van der Waals surface area contributed by atoms with Crippen molar-refractivity contribution in [3.63, 3.8) is 0 Å². The van der Waals surface area contributed by atoms with Crippen molar-refractivity contribution in [1.82, 2.24) is 4.57 Å². The Kier molecular flexibility index (Phi) is 4.50. The van der Waals surface area contributed by atoms with Gasteiger partial charge in [0.1, 0.15) is 5.71 Å². The molecular weight excluding hydrogens is 427 g/mol. The summed E-state index contributed by atoms with van der Waals surface area (Å²) in [4.78, 5) is 20.5. The van der Waals surface area contributed by atoms with Gasteiger partial charge in [0.15, 0.2) is 0 Å². The number of halogens is 2. The molecule has 1 aromatic heterocycles. The lowest BCUT2D eigenvalue weighted by molar-refractivity contribution is -0.0130. The smallest absolute Gasteiger partial charge is 0.231 e. The molecule has 3 heterocycles. The SMILES string of the molecule is CSc1ccc(C2C(c3c(Cl)cccc3Cl)=NOC23Cn2cccc2C3=O)cc1. The number of carbonyl (C=O) groups is 1. The third-order valence-corrected chi connectivity index (χ3v) is 6.94. The summed E-state index contributed by atoms with van der Waals surface area (Å²) in [5, 5.41) is 5.34. The zero-order valence-electron chi connectivity index (χ0n) is 15.4. The highest BCUT2D eigenvalue weighted by Crippen LogP contribution is 2.48. The summed E-state index contributed by atoms with van der Waals surface area (Å²) in [5.41, 5.74) is 1.61. The van der Waals surface area contributed by atoms with Gasteiger partial charge in [-0.1, -0.05) is 46.6 Å². The number of benzene rings is 2. The zero-order valence-corrected chi connectivity index (χ0v) is 17.8. The molecule has 2 aliphatic rings. The van der Waals surface area contributed by atoms with E-state index in [0.29, 0.717) is 33.6 Å². The van der Waals surface area contributed by atoms with E-state index in [1.54, 1.807) is 30.0 Å². The molecular formula is C22H16Cl2N2O2S. The number of thioether (sulfide) groups is 1. The first-order chi connectivity index (χ1) is 14.0. The van der Waals surface area contributed by atoms with Gasteiger partial charge in [-0.25, -0.2) is 0 Å². The Hall–Kier alpha value is -2.21. The molecule has 2 unspecified atom stereocenters. The zero-order chi connectivity index (χ0) is 20.2. The summed E-state index contributed by atoms with van der Waals surface area (Å²) in [6.45, 7) is 0.387. The van der Waals surface area contributed by atoms with Crippen LogP contribution in [0.4, 0.5) is 0 Å². The standard InChI is InChI=1S/C22H16Cl2N2O2S/c1-29-14-9-7-13(8-10-14)19-20(18-15(23)4-2-5-16(18)24)25-28-22(19)12-26-11-3-6-17(26)21(22)27/h2-11,19H,12H2,1H3. The average Bonchev–Trinajstić information content (AvgIpc) is 3.39. The van der Waals surface area contributed by atoms with Gasteiger partial charge in [-0.3, -0.25) is 4.79 Å². The molecule has 4 nitrogen and oxygen atoms in total. The second-order valence-corrected chi connectivity index (χ2v) is 8.80. The minimum Gasteiger partial charge on any atom is -0.377 e. The van der Waals surface area contributed by atoms with Crippen molar-refractivity contribution in [3.8, 4) is 0 Å². The van der Waals surface area contributed by atoms with Crippen molar-refractivity contribution in [3.05, 3.63) is 87.7 Å². The van der Waals surface area contributed by atoms with Gasteiger partial charge in [-0.05, 0) is 48.2 Å². The third kappa shape index (κ3) is 2.75. The minimum atomic E-state index is -1.14. The van der Waals surface area contributed by atoms with E-state index in [1.807, 2.05) is 53.4 Å². The van der Waals surface area contributed by atoms with Crippen LogP contribution in [0.15, 0.2) is 70.8 Å². The number of ketones is 1. The normalized spacial score (nSPS) is 22.7. The summed E-state index contributed by atoms with van der Waals surface area (Å²) in [6.07, 6.45) is 3.92. The number of Topliss-reactive ketones (excluding diaryl/α,β-unsaturated/α-hetero) is 1. The van der Waals surface area contributed by atoms with E-state index in [4.69, 9.17) is 28.0 Å². The highest BCUT2D eigenvalue weighted by atomic mass is 35.5. The molecule has 3 aromatic rings. The number of aromatic nitrogens is 1. The van der Waals surface area contributed by atoms with Crippen molar-refractivity contribution in [1.29, 1.82) is 0 Å². The maximum absolute atomic E-state index is 13.4. The second-order valence-electron chi connectivity index (χ2n) is 7.11. The van der Waals surface area contributed by atoms with Crippen molar-refractivity contribution >= 4 is 46.5 Å². The number of hydrogen-bond donors (Lipinski definition) is 0. The van der Waals surface area contributed by atoms with Gasteiger partial charge in [0, 0.05) is 16.7 Å². The Morgan fingerprint density at radius 2 is 1.83 bits per heavy atom. The fourth-order valence-electron chi connectivity index (χ4n) is 4.21. The Labute approximate surface area is 182 Å². The Bertz CT molecular complexity index is 1140. The van der Waals surface area contributed by atoms with Gasteiger partial charge in [0.05, 0.1) is 28.2 Å². The molecule has 146 valence electrons. The van der Waals surface area contributed by atoms with Crippen molar-refractivity contribution in [2.45, 2.75) is 23.0 Å². The molecule has 0 fully saturated rings. The van der Waals surface area contributed by atoms with E-state index in [9.17, 15) is 4.79 Å². The maximum atomic E-state index is 13.4. The molecule has 0 bridgehead atoms. The lowest BCUT2D eigenvalue weighted by atomic mass is 9.75. The van der Waals surface area contributed by atoms with Crippen LogP contribution >= 0.6 is 35.0 Å². The summed E-state index contributed by atoms with van der Waals surface area (Å²) in [7, 11) is 0. The number of fused-ring (bicyclic) bond motifs is 1. The Morgan fingerprint density at radius 3 is 2.48 bits per heavy atom. The molecule has 2 aromatic carbocycles. The third-order valence-electron chi connectivity index (χ3n) is 5.57. The lowest BCUT2D eigenvalue weighted by Gasteiger charge is -2.28. The first-order valence-corrected chi connectivity index (χ1v) is 11.1. The highest BCUT2D eigenvalue weighted by Gasteiger charge is 2.60. The molecule has 2 atom stereocenters. The van der Waals surface area contributed by atoms with Crippen LogP contribution in [0.3, 0.4) is 0 Å². The molecule has 1 spiro atoms. The fraction of sp³-hybridized carbons (Fsp3) is 0.182. The molecule has 0 amide bonds. The van der Waals surface area contributed by atoms with Crippen LogP contribution in [0.25, 0.3) is 0 Å². The van der Waals surface area contributed by atoms with Crippen LogP contribution in [0.2, 0.25) is 10.0 Å². The fourth-order valence-corrected chi connectivity index (χ4v) is 5.20. The van der Waals surface area contributed by atoms with Gasteiger partial charge in [0.25, 0.3) is 0 Å². The molecule has 0 aliphatic carbocycles. The monoisotopic (exact) mass is 442 g/mol. The van der Waals surface area contributed by atoms with Gasteiger partial charge >= 0.3 is 0 Å². The van der Waals surface area contributed by atoms with E-state index in [-0.39, 0.29) is 5.78 Å². The van der Waals surface area contributed by atoms with E-state index in [1.165, 1.54) is 0 Å². The van der Waals surface area contributed by atoms with Crippen LogP contribution in [-0.2, 0) is 11.4 Å². The minimum absolute atomic E-state index is 0.0802. The second kappa shape index (κ2) is 6.94. The first-order valence-electron chi connectivity index (χ1n) is 9.09. The summed E-state index contributed by atoms with van der Waals surface area (Å²) in [6, 6.07) is 17.1. The Balaban J connectivity index is 1.68. The molecule has 2 aliphatic heterocycles. The van der Waals surface area contributed by atoms with Gasteiger partial charge < -0.3 is 9.40 Å². The largest absolute Gasteiger partial charge is 0.377 e. The van der Waals surface area contributed by atoms with E-state index in [2.05, 4.69) is 5.16 Å². The van der Waals surface area contributed by atoms with Crippen LogP contribution < -0.4 is 0 Å². The predicted octanol–water partition coefficient (Wildman–Crippen LogP) is 5.67. The number of nitrogens with zero attached hydrogens (tertiary/aromatic N) is 2. The number of carbonyl (C=O) groups excluding carboxylic acids is 1. The lowest BCUT2D eigenvalue weighted by Crippen LogP contribution is -2.44. The predicted molar refractivity (Wildman–Crippen MR) is 117 cm³/mol. The van der Waals surface area contributed by atoms with Crippen LogP contribution in [0.5, 0.6) is 0 Å². The quantitative estimate of drug-likeness (QED) is 0.490. The number of oxime groups is 1. The molecule has 29 heavy (non-hydrogen) atoms. The molecule has 5 rings (SSSR count). The molecule has 7 heteroatoms. The van der Waals surface area contributed by atoms with Crippen molar-refractivity contribution in [2.24, 2.45) is 5.16 Å². The van der Waals surface area contributed by atoms with Crippen LogP contribution in [0.1, 0.15) is 27.5 Å². The number of rotatable bonds is 3. The molecule has 0 saturated heterocycles. The van der Waals surface area contributed by atoms with Crippen molar-refractivity contribution < 1.29 is 9.63 Å². The molecule has 0 N–H and O–H groups in total. The van der Waals surface area contributed by atoms with Gasteiger partial charge in [-0.15, -0.1) is 11.8 Å². The highest BCUT2D eigenvalue weighted by molar-refractivity contribution is 7.98. The van der Waals surface area contributed by atoms with Gasteiger partial charge in [0.2, 0.25) is 11.4 Å². The van der Waals surface area contributed by atoms with Crippen molar-refractivity contribution in [2.75, 3.05) is 6.26 Å². The average molecular weight is 443 g/mol. The summed E-state index contributed by atoms with van der Waals surface area (Å²) >= 11 is 14.7. The summed E-state index contributed by atoms with van der Waals surface area (Å²) in [5.74, 6) is -0.508. The number of hydrogen-bond acceptors (Lipinski definition) is 4. The first kappa shape index (κ1) is 18.8. The molecule has 0 radical (unpaired) electrons. The Morgan fingerprint density at radius 1 is 1.10 bits per heavy atom. The van der Waals surface area contributed by atoms with Crippen LogP contribution in [-0.4, -0.2) is 27.9 Å². The van der Waals surface area contributed by atoms with Crippen LogP contribution in [0, 0.1) is 0 Å². The maximum Gasteiger partial charge on any atom is 0.231 e. The molecule has 0 saturated carbocycles. The summed E-state index contributed by atoms with van der Waals surface area (Å²) < 4.78 is 1.91.